The molecule has 0 aliphatic heterocycles. The number of amides is 2. The van der Waals surface area contributed by atoms with Crippen LogP contribution in [0.1, 0.15) is 12.8 Å². The molecule has 0 bridgehead atoms. The third-order valence-electron chi connectivity index (χ3n) is 4.94. The highest BCUT2D eigenvalue weighted by molar-refractivity contribution is 8.00. The summed E-state index contributed by atoms with van der Waals surface area (Å²) in [7, 11) is 1.54. The number of thioether (sulfide) groups is 1. The molecule has 8 heteroatoms. The highest BCUT2D eigenvalue weighted by Gasteiger charge is 2.33. The third kappa shape index (κ3) is 6.11. The van der Waals surface area contributed by atoms with E-state index < -0.39 is 17.8 Å². The number of carboxylic acid groups (broad SMARTS) is 1. The average molecular weight is 441 g/mol. The van der Waals surface area contributed by atoms with E-state index in [1.54, 1.807) is 43.5 Å². The zero-order valence-corrected chi connectivity index (χ0v) is 17.9. The molecule has 3 N–H and O–H groups in total. The van der Waals surface area contributed by atoms with Crippen molar-refractivity contribution < 1.29 is 24.2 Å². The van der Waals surface area contributed by atoms with Crippen molar-refractivity contribution in [2.75, 3.05) is 23.5 Å². The van der Waals surface area contributed by atoms with Gasteiger partial charge in [0.2, 0.25) is 11.8 Å². The summed E-state index contributed by atoms with van der Waals surface area (Å²) in [4.78, 5) is 37.2. The first-order chi connectivity index (χ1) is 15.0. The van der Waals surface area contributed by atoms with E-state index in [1.807, 2.05) is 24.3 Å². The first kappa shape index (κ1) is 22.4. The molecule has 2 aromatic carbocycles. The van der Waals surface area contributed by atoms with Crippen molar-refractivity contribution in [1.82, 2.24) is 0 Å². The van der Waals surface area contributed by atoms with Crippen molar-refractivity contribution in [2.24, 2.45) is 11.8 Å². The number of carbonyl (C=O) groups is 3. The molecule has 31 heavy (non-hydrogen) atoms. The molecule has 7 nitrogen and oxygen atoms in total. The van der Waals surface area contributed by atoms with Crippen LogP contribution in [0.4, 0.5) is 11.4 Å². The summed E-state index contributed by atoms with van der Waals surface area (Å²) in [5.41, 5.74) is 1.17. The van der Waals surface area contributed by atoms with Crippen LogP contribution in [-0.2, 0) is 14.4 Å². The maximum Gasteiger partial charge on any atom is 0.307 e. The Morgan fingerprint density at radius 1 is 1.03 bits per heavy atom. The number of hydrogen-bond donors (Lipinski definition) is 3. The smallest absolute Gasteiger partial charge is 0.307 e. The Morgan fingerprint density at radius 3 is 2.52 bits per heavy atom. The van der Waals surface area contributed by atoms with Gasteiger partial charge in [-0.25, -0.2) is 0 Å². The van der Waals surface area contributed by atoms with Gasteiger partial charge in [0.15, 0.2) is 0 Å². The molecule has 0 spiro atoms. The number of benzene rings is 2. The molecule has 0 saturated carbocycles. The highest BCUT2D eigenvalue weighted by atomic mass is 32.2. The Hall–Kier alpha value is -3.26. The molecule has 0 fully saturated rings. The van der Waals surface area contributed by atoms with Gasteiger partial charge in [-0.3, -0.25) is 14.4 Å². The Kier molecular flexibility index (Phi) is 7.72. The standard InChI is InChI=1S/C23H24N2O5S/c1-30-20-12-5-4-11-19(20)25-21(26)14-31-16-8-6-7-15(13-16)24-22(27)17-9-2-3-10-18(17)23(28)29/h2-8,11-13,17-18H,9-10,14H2,1H3,(H,24,27)(H,25,26)(H,28,29). The minimum Gasteiger partial charge on any atom is -0.495 e. The van der Waals surface area contributed by atoms with E-state index in [-0.39, 0.29) is 17.6 Å². The first-order valence-electron chi connectivity index (χ1n) is 9.82. The number of nitrogens with one attached hydrogen (secondary N) is 2. The molecule has 3 rings (SSSR count). The van der Waals surface area contributed by atoms with Crippen molar-refractivity contribution in [3.8, 4) is 5.75 Å². The monoisotopic (exact) mass is 440 g/mol. The van der Waals surface area contributed by atoms with Crippen LogP contribution >= 0.6 is 11.8 Å². The van der Waals surface area contributed by atoms with Crippen LogP contribution < -0.4 is 15.4 Å². The lowest BCUT2D eigenvalue weighted by Crippen LogP contribution is -2.34. The minimum atomic E-state index is -0.963. The van der Waals surface area contributed by atoms with E-state index in [4.69, 9.17) is 4.74 Å². The summed E-state index contributed by atoms with van der Waals surface area (Å²) >= 11 is 1.33. The van der Waals surface area contributed by atoms with Crippen LogP contribution in [0, 0.1) is 11.8 Å². The van der Waals surface area contributed by atoms with Crippen LogP contribution in [0.25, 0.3) is 0 Å². The lowest BCUT2D eigenvalue weighted by molar-refractivity contribution is -0.146. The lowest BCUT2D eigenvalue weighted by atomic mass is 9.82. The summed E-state index contributed by atoms with van der Waals surface area (Å²) in [6.45, 7) is 0. The largest absolute Gasteiger partial charge is 0.495 e. The Balaban J connectivity index is 1.57. The Morgan fingerprint density at radius 2 is 1.77 bits per heavy atom. The molecule has 2 aromatic rings. The number of methoxy groups -OCH3 is 1. The van der Waals surface area contributed by atoms with Gasteiger partial charge < -0.3 is 20.5 Å². The van der Waals surface area contributed by atoms with Crippen molar-refractivity contribution in [2.45, 2.75) is 17.7 Å². The number of carbonyl (C=O) groups excluding carboxylic acids is 2. The molecule has 162 valence electrons. The van der Waals surface area contributed by atoms with Gasteiger partial charge in [0.25, 0.3) is 0 Å². The first-order valence-corrected chi connectivity index (χ1v) is 10.8. The zero-order chi connectivity index (χ0) is 22.2. The number of ether oxygens (including phenoxy) is 1. The maximum absolute atomic E-state index is 12.6. The van der Waals surface area contributed by atoms with E-state index in [0.717, 1.165) is 4.90 Å². The van der Waals surface area contributed by atoms with Gasteiger partial charge >= 0.3 is 5.97 Å². The van der Waals surface area contributed by atoms with Crippen LogP contribution in [-0.4, -0.2) is 35.8 Å². The van der Waals surface area contributed by atoms with Gasteiger partial charge in [0.1, 0.15) is 5.75 Å². The third-order valence-corrected chi connectivity index (χ3v) is 5.93. The Bertz CT molecular complexity index is 991. The molecule has 0 radical (unpaired) electrons. The van der Waals surface area contributed by atoms with Crippen molar-refractivity contribution in [3.05, 3.63) is 60.7 Å². The van der Waals surface area contributed by atoms with E-state index in [9.17, 15) is 19.5 Å². The van der Waals surface area contributed by atoms with E-state index in [2.05, 4.69) is 10.6 Å². The molecule has 1 aliphatic rings. The van der Waals surface area contributed by atoms with Gasteiger partial charge in [-0.15, -0.1) is 11.8 Å². The summed E-state index contributed by atoms with van der Waals surface area (Å²) < 4.78 is 5.23. The fourth-order valence-electron chi connectivity index (χ4n) is 3.36. The minimum absolute atomic E-state index is 0.178. The quantitative estimate of drug-likeness (QED) is 0.423. The molecule has 2 amide bonds. The number of anilines is 2. The number of para-hydroxylation sites is 2. The second-order valence-electron chi connectivity index (χ2n) is 7.05. The van der Waals surface area contributed by atoms with E-state index in [1.165, 1.54) is 11.8 Å². The summed E-state index contributed by atoms with van der Waals surface area (Å²) in [6, 6.07) is 14.3. The summed E-state index contributed by atoms with van der Waals surface area (Å²) in [5.74, 6) is -2.01. The molecule has 0 heterocycles. The highest BCUT2D eigenvalue weighted by Crippen LogP contribution is 2.29. The second-order valence-corrected chi connectivity index (χ2v) is 8.10. The van der Waals surface area contributed by atoms with Gasteiger partial charge in [-0.05, 0) is 43.2 Å². The number of hydrogen-bond acceptors (Lipinski definition) is 5. The molecule has 1 aliphatic carbocycles. The van der Waals surface area contributed by atoms with Crippen LogP contribution in [0.5, 0.6) is 5.75 Å². The van der Waals surface area contributed by atoms with E-state index >= 15 is 0 Å². The number of allylic oxidation sites excluding steroid dienone is 2. The fraction of sp³-hybridized carbons (Fsp3) is 0.261. The second kappa shape index (κ2) is 10.7. The molecular weight excluding hydrogens is 416 g/mol. The number of carboxylic acids is 1. The summed E-state index contributed by atoms with van der Waals surface area (Å²) in [5, 5.41) is 15.0. The van der Waals surface area contributed by atoms with Gasteiger partial charge in [-0.1, -0.05) is 30.4 Å². The van der Waals surface area contributed by atoms with Crippen LogP contribution in [0.15, 0.2) is 65.6 Å². The number of rotatable bonds is 8. The molecular formula is C23H24N2O5S. The van der Waals surface area contributed by atoms with Crippen molar-refractivity contribution >= 4 is 40.9 Å². The lowest BCUT2D eigenvalue weighted by Gasteiger charge is -2.24. The molecule has 2 unspecified atom stereocenters. The van der Waals surface area contributed by atoms with E-state index in [0.29, 0.717) is 30.0 Å². The number of aliphatic carboxylic acids is 1. The molecule has 0 saturated heterocycles. The van der Waals surface area contributed by atoms with Crippen molar-refractivity contribution in [1.29, 1.82) is 0 Å². The van der Waals surface area contributed by atoms with Gasteiger partial charge in [0, 0.05) is 10.6 Å². The zero-order valence-electron chi connectivity index (χ0n) is 17.0. The Labute approximate surface area is 184 Å². The van der Waals surface area contributed by atoms with Gasteiger partial charge in [0.05, 0.1) is 30.4 Å². The predicted octanol–water partition coefficient (Wildman–Crippen LogP) is 4.03. The molecule has 2 atom stereocenters. The topological polar surface area (TPSA) is 105 Å². The van der Waals surface area contributed by atoms with Crippen LogP contribution in [0.2, 0.25) is 0 Å². The van der Waals surface area contributed by atoms with Crippen LogP contribution in [0.3, 0.4) is 0 Å². The normalized spacial score (nSPS) is 17.6. The average Bonchev–Trinajstić information content (AvgIpc) is 2.78. The van der Waals surface area contributed by atoms with Crippen molar-refractivity contribution in [3.63, 3.8) is 0 Å². The maximum atomic E-state index is 12.6. The molecule has 0 aromatic heterocycles. The van der Waals surface area contributed by atoms with Gasteiger partial charge in [-0.2, -0.15) is 0 Å². The predicted molar refractivity (Wildman–Crippen MR) is 120 cm³/mol. The fourth-order valence-corrected chi connectivity index (χ4v) is 4.11. The summed E-state index contributed by atoms with van der Waals surface area (Å²) in [6.07, 6.45) is 4.40. The SMILES string of the molecule is COc1ccccc1NC(=O)CSc1cccc(NC(=O)C2CC=CCC2C(=O)O)c1.